The second kappa shape index (κ2) is 9.11. The van der Waals surface area contributed by atoms with Crippen LogP contribution in [0, 0.1) is 0 Å². The minimum absolute atomic E-state index is 0.169. The fourth-order valence-electron chi connectivity index (χ4n) is 2.59. The number of hydrogen-bond donors (Lipinski definition) is 0. The van der Waals surface area contributed by atoms with Gasteiger partial charge in [-0.1, -0.05) is 67.6 Å². The molecule has 0 aliphatic carbocycles. The largest absolute Gasteiger partial charge is 0.383 e. The van der Waals surface area contributed by atoms with E-state index in [-0.39, 0.29) is 11.8 Å². The maximum Gasteiger partial charge on any atom is 0.223 e. The lowest BCUT2D eigenvalue weighted by Gasteiger charge is -2.24. The first kappa shape index (κ1) is 17.2. The maximum atomic E-state index is 12.7. The van der Waals surface area contributed by atoms with Crippen molar-refractivity contribution >= 4 is 5.91 Å². The van der Waals surface area contributed by atoms with Crippen molar-refractivity contribution in [2.75, 3.05) is 20.3 Å². The van der Waals surface area contributed by atoms with Gasteiger partial charge >= 0.3 is 0 Å². The monoisotopic (exact) mass is 311 g/mol. The zero-order valence-corrected chi connectivity index (χ0v) is 13.9. The predicted octanol–water partition coefficient (Wildman–Crippen LogP) is 3.86. The number of methoxy groups -OCH3 is 1. The lowest BCUT2D eigenvalue weighted by molar-refractivity contribution is -0.132. The Balaban J connectivity index is 2.01. The molecule has 1 amide bonds. The van der Waals surface area contributed by atoms with Gasteiger partial charge in [0.2, 0.25) is 5.91 Å². The molecule has 0 heterocycles. The summed E-state index contributed by atoms with van der Waals surface area (Å²) in [7, 11) is 1.66. The Labute approximate surface area is 138 Å². The summed E-state index contributed by atoms with van der Waals surface area (Å²) < 4.78 is 5.16. The van der Waals surface area contributed by atoms with E-state index in [0.717, 1.165) is 5.56 Å². The van der Waals surface area contributed by atoms with Crippen LogP contribution in [-0.2, 0) is 16.1 Å². The summed E-state index contributed by atoms with van der Waals surface area (Å²) in [6, 6.07) is 20.3. The van der Waals surface area contributed by atoms with Crippen LogP contribution in [0.4, 0.5) is 0 Å². The number of carbonyl (C=O) groups is 1. The Morgan fingerprint density at radius 3 is 2.26 bits per heavy atom. The molecule has 0 bridgehead atoms. The van der Waals surface area contributed by atoms with Crippen LogP contribution in [0.5, 0.6) is 0 Å². The van der Waals surface area contributed by atoms with Crippen LogP contribution in [0.25, 0.3) is 0 Å². The van der Waals surface area contributed by atoms with Crippen LogP contribution >= 0.6 is 0 Å². The predicted molar refractivity (Wildman–Crippen MR) is 93.2 cm³/mol. The van der Waals surface area contributed by atoms with Gasteiger partial charge in [0.25, 0.3) is 0 Å². The summed E-state index contributed by atoms with van der Waals surface area (Å²) in [4.78, 5) is 14.6. The molecule has 3 heteroatoms. The van der Waals surface area contributed by atoms with Crippen LogP contribution in [0.2, 0.25) is 0 Å². The van der Waals surface area contributed by atoms with E-state index in [0.29, 0.717) is 26.1 Å². The van der Waals surface area contributed by atoms with E-state index in [1.54, 1.807) is 7.11 Å². The molecule has 0 saturated heterocycles. The molecular weight excluding hydrogens is 286 g/mol. The van der Waals surface area contributed by atoms with E-state index in [9.17, 15) is 4.79 Å². The van der Waals surface area contributed by atoms with E-state index in [1.807, 2.05) is 53.4 Å². The molecular formula is C20H25NO2. The molecule has 0 aliphatic rings. The molecule has 0 aromatic heterocycles. The number of nitrogens with zero attached hydrogens (tertiary/aromatic N) is 1. The zero-order valence-electron chi connectivity index (χ0n) is 13.9. The molecule has 1 atom stereocenters. The molecule has 0 radical (unpaired) electrons. The number of carbonyl (C=O) groups excluding carboxylic acids is 1. The Morgan fingerprint density at radius 1 is 1.04 bits per heavy atom. The smallest absolute Gasteiger partial charge is 0.223 e. The molecule has 23 heavy (non-hydrogen) atoms. The van der Waals surface area contributed by atoms with Crippen LogP contribution in [0.15, 0.2) is 60.7 Å². The average Bonchev–Trinajstić information content (AvgIpc) is 2.60. The van der Waals surface area contributed by atoms with Crippen molar-refractivity contribution in [1.29, 1.82) is 0 Å². The SMILES string of the molecule is COCCN(Cc1ccccc1)C(=O)CC(C)c1ccccc1. The maximum absolute atomic E-state index is 12.7. The molecule has 2 aromatic carbocycles. The number of benzene rings is 2. The van der Waals surface area contributed by atoms with Crippen LogP contribution < -0.4 is 0 Å². The van der Waals surface area contributed by atoms with E-state index in [1.165, 1.54) is 5.56 Å². The van der Waals surface area contributed by atoms with Crippen molar-refractivity contribution in [3.63, 3.8) is 0 Å². The van der Waals surface area contributed by atoms with Crippen molar-refractivity contribution in [2.45, 2.75) is 25.8 Å². The summed E-state index contributed by atoms with van der Waals surface area (Å²) in [5.74, 6) is 0.381. The summed E-state index contributed by atoms with van der Waals surface area (Å²) in [6.07, 6.45) is 0.514. The van der Waals surface area contributed by atoms with Crippen molar-refractivity contribution in [1.82, 2.24) is 4.90 Å². The number of ether oxygens (including phenoxy) is 1. The van der Waals surface area contributed by atoms with Gasteiger partial charge in [-0.25, -0.2) is 0 Å². The Kier molecular flexibility index (Phi) is 6.82. The van der Waals surface area contributed by atoms with Gasteiger partial charge in [0.05, 0.1) is 6.61 Å². The lowest BCUT2D eigenvalue weighted by atomic mass is 9.97. The van der Waals surface area contributed by atoms with Gasteiger partial charge in [-0.3, -0.25) is 4.79 Å². The van der Waals surface area contributed by atoms with E-state index >= 15 is 0 Å². The van der Waals surface area contributed by atoms with Crippen molar-refractivity contribution in [3.05, 3.63) is 71.8 Å². The summed E-state index contributed by atoms with van der Waals surface area (Å²) in [5, 5.41) is 0. The van der Waals surface area contributed by atoms with Gasteiger partial charge < -0.3 is 9.64 Å². The number of rotatable bonds is 8. The third-order valence-electron chi connectivity index (χ3n) is 3.98. The highest BCUT2D eigenvalue weighted by atomic mass is 16.5. The molecule has 2 aromatic rings. The second-order valence-electron chi connectivity index (χ2n) is 5.81. The third kappa shape index (κ3) is 5.53. The molecule has 0 spiro atoms. The minimum Gasteiger partial charge on any atom is -0.383 e. The third-order valence-corrected chi connectivity index (χ3v) is 3.98. The Hall–Kier alpha value is -2.13. The molecule has 1 unspecified atom stereocenters. The van der Waals surface area contributed by atoms with Gasteiger partial charge in [0, 0.05) is 26.6 Å². The molecule has 0 aliphatic heterocycles. The number of amides is 1. The zero-order chi connectivity index (χ0) is 16.5. The normalized spacial score (nSPS) is 11.9. The first-order valence-corrected chi connectivity index (χ1v) is 8.06. The second-order valence-corrected chi connectivity index (χ2v) is 5.81. The molecule has 0 N–H and O–H groups in total. The van der Waals surface area contributed by atoms with E-state index < -0.39 is 0 Å². The van der Waals surface area contributed by atoms with Crippen molar-refractivity contribution in [3.8, 4) is 0 Å². The first-order valence-electron chi connectivity index (χ1n) is 8.06. The highest BCUT2D eigenvalue weighted by Gasteiger charge is 2.17. The summed E-state index contributed by atoms with van der Waals surface area (Å²) >= 11 is 0. The fourth-order valence-corrected chi connectivity index (χ4v) is 2.59. The minimum atomic E-state index is 0.169. The number of hydrogen-bond acceptors (Lipinski definition) is 2. The lowest BCUT2D eigenvalue weighted by Crippen LogP contribution is -2.34. The molecule has 0 fully saturated rings. The fraction of sp³-hybridized carbons (Fsp3) is 0.350. The highest BCUT2D eigenvalue weighted by Crippen LogP contribution is 2.20. The van der Waals surface area contributed by atoms with Crippen LogP contribution in [0.3, 0.4) is 0 Å². The van der Waals surface area contributed by atoms with Crippen LogP contribution in [-0.4, -0.2) is 31.1 Å². The summed E-state index contributed by atoms with van der Waals surface area (Å²) in [5.41, 5.74) is 2.34. The topological polar surface area (TPSA) is 29.5 Å². The van der Waals surface area contributed by atoms with Gasteiger partial charge in [-0.2, -0.15) is 0 Å². The van der Waals surface area contributed by atoms with Gasteiger partial charge in [0.15, 0.2) is 0 Å². The van der Waals surface area contributed by atoms with Gasteiger partial charge in [-0.15, -0.1) is 0 Å². The van der Waals surface area contributed by atoms with Gasteiger partial charge in [-0.05, 0) is 17.0 Å². The molecule has 122 valence electrons. The van der Waals surface area contributed by atoms with Crippen molar-refractivity contribution in [2.24, 2.45) is 0 Å². The quantitative estimate of drug-likeness (QED) is 0.741. The van der Waals surface area contributed by atoms with E-state index in [2.05, 4.69) is 19.1 Å². The first-order chi connectivity index (χ1) is 11.2. The van der Waals surface area contributed by atoms with Crippen molar-refractivity contribution < 1.29 is 9.53 Å². The highest BCUT2D eigenvalue weighted by molar-refractivity contribution is 5.77. The molecule has 0 saturated carbocycles. The molecule has 2 rings (SSSR count). The Morgan fingerprint density at radius 2 is 1.65 bits per heavy atom. The van der Waals surface area contributed by atoms with E-state index in [4.69, 9.17) is 4.74 Å². The molecule has 3 nitrogen and oxygen atoms in total. The van der Waals surface area contributed by atoms with Crippen LogP contribution in [0.1, 0.15) is 30.4 Å². The van der Waals surface area contributed by atoms with Gasteiger partial charge in [0.1, 0.15) is 0 Å². The Bertz CT molecular complexity index is 583. The standard InChI is InChI=1S/C20H25NO2/c1-17(19-11-7-4-8-12-19)15-20(22)21(13-14-23-2)16-18-9-5-3-6-10-18/h3-12,17H,13-16H2,1-2H3. The summed E-state index contributed by atoms with van der Waals surface area (Å²) in [6.45, 7) is 3.90. The average molecular weight is 311 g/mol.